The van der Waals surface area contributed by atoms with Gasteiger partial charge in [-0.25, -0.2) is 0 Å². The van der Waals surface area contributed by atoms with Crippen molar-refractivity contribution in [3.05, 3.63) is 58.4 Å². The minimum Gasteiger partial charge on any atom is -0.481 e. The Morgan fingerprint density at radius 2 is 2.04 bits per heavy atom. The fourth-order valence-corrected chi connectivity index (χ4v) is 3.21. The molecule has 0 amide bonds. The topological polar surface area (TPSA) is 59.3 Å². The summed E-state index contributed by atoms with van der Waals surface area (Å²) in [5.41, 5.74) is 3.54. The van der Waals surface area contributed by atoms with Crippen molar-refractivity contribution >= 4 is 11.8 Å². The number of carboxylic acid groups (broad SMARTS) is 1. The van der Waals surface area contributed by atoms with E-state index in [2.05, 4.69) is 5.92 Å². The number of ketones is 1. The first-order chi connectivity index (χ1) is 11.1. The van der Waals surface area contributed by atoms with Gasteiger partial charge in [-0.1, -0.05) is 12.8 Å². The van der Waals surface area contributed by atoms with Crippen LogP contribution < -0.4 is 0 Å². The molecule has 1 unspecified atom stereocenters. The molecule has 1 aliphatic heterocycles. The third-order valence-electron chi connectivity index (χ3n) is 4.41. The highest BCUT2D eigenvalue weighted by Gasteiger charge is 2.33. The van der Waals surface area contributed by atoms with Crippen molar-refractivity contribution < 1.29 is 14.7 Å². The second-order valence-electron chi connectivity index (χ2n) is 5.68. The van der Waals surface area contributed by atoms with Crippen LogP contribution in [-0.2, 0) is 17.8 Å². The lowest BCUT2D eigenvalue weighted by molar-refractivity contribution is -0.138. The molecule has 2 aromatic rings. The van der Waals surface area contributed by atoms with E-state index in [-0.39, 0.29) is 5.78 Å². The average molecular weight is 307 g/mol. The van der Waals surface area contributed by atoms with Gasteiger partial charge < -0.3 is 9.67 Å². The summed E-state index contributed by atoms with van der Waals surface area (Å²) in [5.74, 6) is 1.09. The summed E-state index contributed by atoms with van der Waals surface area (Å²) in [6, 6.07) is 8.80. The zero-order valence-corrected chi connectivity index (χ0v) is 12.9. The van der Waals surface area contributed by atoms with Gasteiger partial charge in [0, 0.05) is 23.4 Å². The summed E-state index contributed by atoms with van der Waals surface area (Å²) >= 11 is 0. The summed E-state index contributed by atoms with van der Waals surface area (Å²) in [5, 5.41) is 9.33. The molecule has 0 bridgehead atoms. The number of benzene rings is 1. The van der Waals surface area contributed by atoms with Crippen LogP contribution in [0.25, 0.3) is 0 Å². The zero-order chi connectivity index (χ0) is 16.6. The molecule has 4 nitrogen and oxygen atoms in total. The van der Waals surface area contributed by atoms with Gasteiger partial charge >= 0.3 is 5.97 Å². The highest BCUT2D eigenvalue weighted by atomic mass is 16.4. The standard InChI is InChI=1S/C19H17NO3/c1-3-12-5-7-14(8-6-12)18(21)17-13(4-2)11-16-15(19(22)23)9-10-20(16)17/h1,5-8,11,15H,4,9-10H2,2H3,(H,22,23). The molecule has 1 aromatic heterocycles. The third-order valence-corrected chi connectivity index (χ3v) is 4.41. The van der Waals surface area contributed by atoms with E-state index in [0.29, 0.717) is 30.6 Å². The molecule has 0 aliphatic carbocycles. The number of nitrogens with zero attached hydrogens (tertiary/aromatic N) is 1. The molecule has 116 valence electrons. The first-order valence-electron chi connectivity index (χ1n) is 7.63. The molecule has 1 N–H and O–H groups in total. The van der Waals surface area contributed by atoms with Crippen molar-refractivity contribution in [2.45, 2.75) is 32.2 Å². The monoisotopic (exact) mass is 307 g/mol. The van der Waals surface area contributed by atoms with Gasteiger partial charge in [-0.2, -0.15) is 0 Å². The molecule has 1 atom stereocenters. The molecule has 0 spiro atoms. The predicted octanol–water partition coefficient (Wildman–Crippen LogP) is 2.83. The Hall–Kier alpha value is -2.80. The minimum absolute atomic E-state index is 0.0808. The molecule has 1 aliphatic rings. The number of carboxylic acids is 1. The smallest absolute Gasteiger partial charge is 0.312 e. The maximum Gasteiger partial charge on any atom is 0.312 e. The number of aliphatic carboxylic acids is 1. The van der Waals surface area contributed by atoms with E-state index in [4.69, 9.17) is 6.42 Å². The first-order valence-corrected chi connectivity index (χ1v) is 7.63. The lowest BCUT2D eigenvalue weighted by atomic mass is 10.0. The third kappa shape index (κ3) is 2.44. The summed E-state index contributed by atoms with van der Waals surface area (Å²) in [6.07, 6.45) is 6.56. The Balaban J connectivity index is 2.05. The molecule has 3 rings (SSSR count). The maximum absolute atomic E-state index is 12.9. The molecule has 2 heterocycles. The van der Waals surface area contributed by atoms with Crippen molar-refractivity contribution in [2.24, 2.45) is 0 Å². The molecule has 0 fully saturated rings. The quantitative estimate of drug-likeness (QED) is 0.698. The van der Waals surface area contributed by atoms with Crippen LogP contribution in [0.5, 0.6) is 0 Å². The van der Waals surface area contributed by atoms with Gasteiger partial charge in [0.1, 0.15) is 0 Å². The number of carbonyl (C=O) groups is 2. The normalized spacial score (nSPS) is 15.9. The Labute approximate surface area is 134 Å². The van der Waals surface area contributed by atoms with Gasteiger partial charge in [-0.3, -0.25) is 9.59 Å². The van der Waals surface area contributed by atoms with Gasteiger partial charge in [0.2, 0.25) is 5.78 Å². The van der Waals surface area contributed by atoms with E-state index in [0.717, 1.165) is 16.8 Å². The highest BCUT2D eigenvalue weighted by molar-refractivity contribution is 6.09. The number of hydrogen-bond donors (Lipinski definition) is 1. The van der Waals surface area contributed by atoms with Crippen LogP contribution in [0.1, 0.15) is 52.1 Å². The Kier molecular flexibility index (Phi) is 3.79. The minimum atomic E-state index is -0.832. The van der Waals surface area contributed by atoms with Crippen LogP contribution in [0.2, 0.25) is 0 Å². The lowest BCUT2D eigenvalue weighted by Gasteiger charge is -2.08. The van der Waals surface area contributed by atoms with Crippen LogP contribution in [0.3, 0.4) is 0 Å². The van der Waals surface area contributed by atoms with Crippen LogP contribution >= 0.6 is 0 Å². The molecule has 0 radical (unpaired) electrons. The number of aromatic nitrogens is 1. The molecular weight excluding hydrogens is 290 g/mol. The van der Waals surface area contributed by atoms with Crippen molar-refractivity contribution in [1.82, 2.24) is 4.57 Å². The van der Waals surface area contributed by atoms with E-state index in [9.17, 15) is 14.7 Å². The Morgan fingerprint density at radius 1 is 1.35 bits per heavy atom. The van der Waals surface area contributed by atoms with Gasteiger partial charge in [0.25, 0.3) is 0 Å². The Morgan fingerprint density at radius 3 is 2.61 bits per heavy atom. The fourth-order valence-electron chi connectivity index (χ4n) is 3.21. The van der Waals surface area contributed by atoms with Crippen molar-refractivity contribution in [3.63, 3.8) is 0 Å². The van der Waals surface area contributed by atoms with Gasteiger partial charge in [0.05, 0.1) is 11.6 Å². The molecule has 1 aromatic carbocycles. The lowest BCUT2D eigenvalue weighted by Crippen LogP contribution is -2.11. The second-order valence-corrected chi connectivity index (χ2v) is 5.68. The van der Waals surface area contributed by atoms with Crippen molar-refractivity contribution in [1.29, 1.82) is 0 Å². The largest absolute Gasteiger partial charge is 0.481 e. The SMILES string of the molecule is C#Cc1ccc(C(=O)c2c(CC)cc3n2CCC3C(=O)O)cc1. The molecule has 0 saturated carbocycles. The van der Waals surface area contributed by atoms with Crippen LogP contribution in [-0.4, -0.2) is 21.4 Å². The van der Waals surface area contributed by atoms with E-state index >= 15 is 0 Å². The molecular formula is C19H17NO3. The molecule has 4 heteroatoms. The number of fused-ring (bicyclic) bond motifs is 1. The van der Waals surface area contributed by atoms with Crippen molar-refractivity contribution in [2.75, 3.05) is 0 Å². The van der Waals surface area contributed by atoms with E-state index in [1.54, 1.807) is 24.3 Å². The fraction of sp³-hybridized carbons (Fsp3) is 0.263. The number of rotatable bonds is 4. The van der Waals surface area contributed by atoms with Crippen LogP contribution in [0.4, 0.5) is 0 Å². The van der Waals surface area contributed by atoms with Crippen LogP contribution in [0.15, 0.2) is 30.3 Å². The summed E-state index contributed by atoms with van der Waals surface area (Å²) in [4.78, 5) is 24.3. The first kappa shape index (κ1) is 15.1. The number of carbonyl (C=O) groups excluding carboxylic acids is 1. The maximum atomic E-state index is 12.9. The van der Waals surface area contributed by atoms with Gasteiger partial charge in [0.15, 0.2) is 0 Å². The predicted molar refractivity (Wildman–Crippen MR) is 86.6 cm³/mol. The number of aryl methyl sites for hydroxylation is 1. The van der Waals surface area contributed by atoms with E-state index in [1.807, 2.05) is 17.6 Å². The molecule has 0 saturated heterocycles. The summed E-state index contributed by atoms with van der Waals surface area (Å²) in [6.45, 7) is 2.54. The van der Waals surface area contributed by atoms with E-state index in [1.165, 1.54) is 0 Å². The second kappa shape index (κ2) is 5.77. The average Bonchev–Trinajstić information content (AvgIpc) is 3.12. The zero-order valence-electron chi connectivity index (χ0n) is 12.9. The summed E-state index contributed by atoms with van der Waals surface area (Å²) < 4.78 is 1.87. The Bertz CT molecular complexity index is 822. The number of terminal acetylenes is 1. The van der Waals surface area contributed by atoms with E-state index < -0.39 is 11.9 Å². The van der Waals surface area contributed by atoms with Gasteiger partial charge in [-0.15, -0.1) is 6.42 Å². The van der Waals surface area contributed by atoms with Gasteiger partial charge in [-0.05, 0) is 48.7 Å². The number of hydrogen-bond acceptors (Lipinski definition) is 2. The summed E-state index contributed by atoms with van der Waals surface area (Å²) in [7, 11) is 0. The molecule has 23 heavy (non-hydrogen) atoms. The van der Waals surface area contributed by atoms with Crippen LogP contribution in [0, 0.1) is 12.3 Å². The van der Waals surface area contributed by atoms with Crippen molar-refractivity contribution in [3.8, 4) is 12.3 Å². The highest BCUT2D eigenvalue weighted by Crippen LogP contribution is 2.34.